The largest absolute Gasteiger partial charge is 0.399 e. The van der Waals surface area contributed by atoms with Crippen LogP contribution in [-0.4, -0.2) is 6.10 Å². The lowest BCUT2D eigenvalue weighted by Crippen LogP contribution is -2.26. The van der Waals surface area contributed by atoms with Gasteiger partial charge in [0.1, 0.15) is 0 Å². The minimum absolute atomic E-state index is 0.406. The highest BCUT2D eigenvalue weighted by Crippen LogP contribution is 2.31. The molecule has 18 heavy (non-hydrogen) atoms. The van der Waals surface area contributed by atoms with Gasteiger partial charge in [-0.2, -0.15) is 0 Å². The molecule has 0 heterocycles. The summed E-state index contributed by atoms with van der Waals surface area (Å²) in [6.07, 6.45) is 4.12. The Bertz CT molecular complexity index is 377. The van der Waals surface area contributed by atoms with Crippen LogP contribution in [-0.2, 0) is 11.3 Å². The maximum absolute atomic E-state index is 6.04. The van der Waals surface area contributed by atoms with Crippen molar-refractivity contribution in [3.05, 3.63) is 28.2 Å². The second kappa shape index (κ2) is 6.07. The number of nitrogen functional groups attached to an aromatic ring is 1. The van der Waals surface area contributed by atoms with Crippen LogP contribution in [0.25, 0.3) is 0 Å². The van der Waals surface area contributed by atoms with Gasteiger partial charge >= 0.3 is 0 Å². The molecule has 0 amide bonds. The number of benzene rings is 1. The highest BCUT2D eigenvalue weighted by Gasteiger charge is 2.24. The van der Waals surface area contributed by atoms with E-state index in [2.05, 4.69) is 35.8 Å². The van der Waals surface area contributed by atoms with Crippen LogP contribution in [0.5, 0.6) is 0 Å². The van der Waals surface area contributed by atoms with Gasteiger partial charge in [-0.25, -0.2) is 0 Å². The van der Waals surface area contributed by atoms with Crippen molar-refractivity contribution in [2.24, 2.45) is 11.8 Å². The van der Waals surface area contributed by atoms with Crippen molar-refractivity contribution < 1.29 is 4.74 Å². The van der Waals surface area contributed by atoms with Gasteiger partial charge in [0.2, 0.25) is 0 Å². The molecule has 2 rings (SSSR count). The van der Waals surface area contributed by atoms with Crippen LogP contribution < -0.4 is 5.73 Å². The van der Waals surface area contributed by atoms with Gasteiger partial charge in [-0.15, -0.1) is 0 Å². The van der Waals surface area contributed by atoms with E-state index in [1.807, 2.05) is 12.1 Å². The Balaban J connectivity index is 1.90. The minimum Gasteiger partial charge on any atom is -0.399 e. The Morgan fingerprint density at radius 2 is 1.83 bits per heavy atom. The third-order valence-electron chi connectivity index (χ3n) is 3.60. The van der Waals surface area contributed by atoms with Gasteiger partial charge in [0, 0.05) is 10.2 Å². The number of ether oxygens (including phenoxy) is 1. The predicted octanol–water partition coefficient (Wildman–Crippen LogP) is 4.37. The number of nitrogens with two attached hydrogens (primary N) is 1. The third-order valence-corrected chi connectivity index (χ3v) is 4.06. The van der Waals surface area contributed by atoms with E-state index in [0.29, 0.717) is 12.7 Å². The summed E-state index contributed by atoms with van der Waals surface area (Å²) in [5, 5.41) is 0. The molecule has 2 nitrogen and oxygen atoms in total. The first-order valence-corrected chi connectivity index (χ1v) is 7.48. The average Bonchev–Trinajstić information content (AvgIpc) is 2.23. The van der Waals surface area contributed by atoms with Crippen molar-refractivity contribution in [1.29, 1.82) is 0 Å². The van der Waals surface area contributed by atoms with Crippen LogP contribution >= 0.6 is 15.9 Å². The van der Waals surface area contributed by atoms with Gasteiger partial charge < -0.3 is 10.5 Å². The number of rotatable bonds is 3. The minimum atomic E-state index is 0.406. The molecule has 0 aliphatic heterocycles. The topological polar surface area (TPSA) is 35.2 Å². The fraction of sp³-hybridized carbons (Fsp3) is 0.600. The third kappa shape index (κ3) is 3.99. The molecule has 2 N–H and O–H groups in total. The molecule has 2 unspecified atom stereocenters. The highest BCUT2D eigenvalue weighted by molar-refractivity contribution is 9.10. The number of anilines is 1. The molecule has 1 saturated carbocycles. The molecule has 1 aromatic carbocycles. The highest BCUT2D eigenvalue weighted by atomic mass is 79.9. The van der Waals surface area contributed by atoms with E-state index < -0.39 is 0 Å². The second-order valence-electron chi connectivity index (χ2n) is 5.74. The summed E-state index contributed by atoms with van der Waals surface area (Å²) in [6.45, 7) is 5.31. The van der Waals surface area contributed by atoms with Crippen molar-refractivity contribution in [1.82, 2.24) is 0 Å². The molecule has 1 fully saturated rings. The number of hydrogen-bond donors (Lipinski definition) is 1. The standard InChI is InChI=1S/C15H22BrNO/c1-10-3-11(2)5-15(4-10)18-9-12-6-13(16)8-14(17)7-12/h6-8,10-11,15H,3-5,9,17H2,1-2H3. The molecule has 100 valence electrons. The summed E-state index contributed by atoms with van der Waals surface area (Å²) in [4.78, 5) is 0. The summed E-state index contributed by atoms with van der Waals surface area (Å²) in [7, 11) is 0. The fourth-order valence-corrected chi connectivity index (χ4v) is 3.54. The second-order valence-corrected chi connectivity index (χ2v) is 6.66. The van der Waals surface area contributed by atoms with Crippen LogP contribution in [0, 0.1) is 11.8 Å². The SMILES string of the molecule is CC1CC(C)CC(OCc2cc(N)cc(Br)c2)C1. The van der Waals surface area contributed by atoms with Gasteiger partial charge in [-0.05, 0) is 54.9 Å². The molecular formula is C15H22BrNO. The summed E-state index contributed by atoms with van der Waals surface area (Å²) in [6, 6.07) is 5.97. The maximum Gasteiger partial charge on any atom is 0.0721 e. The van der Waals surface area contributed by atoms with Crippen molar-refractivity contribution in [2.75, 3.05) is 5.73 Å². The molecule has 0 aromatic heterocycles. The quantitative estimate of drug-likeness (QED) is 0.841. The van der Waals surface area contributed by atoms with Crippen LogP contribution in [0.4, 0.5) is 5.69 Å². The first-order valence-electron chi connectivity index (χ1n) is 6.69. The number of hydrogen-bond acceptors (Lipinski definition) is 2. The van der Waals surface area contributed by atoms with E-state index >= 15 is 0 Å². The summed E-state index contributed by atoms with van der Waals surface area (Å²) >= 11 is 3.46. The Morgan fingerprint density at radius 3 is 2.44 bits per heavy atom. The lowest BCUT2D eigenvalue weighted by atomic mass is 9.82. The van der Waals surface area contributed by atoms with E-state index in [0.717, 1.165) is 27.6 Å². The molecule has 0 spiro atoms. The van der Waals surface area contributed by atoms with Gasteiger partial charge in [-0.3, -0.25) is 0 Å². The normalized spacial score (nSPS) is 28.3. The van der Waals surface area contributed by atoms with Crippen LogP contribution in [0.15, 0.2) is 22.7 Å². The van der Waals surface area contributed by atoms with Crippen molar-refractivity contribution >= 4 is 21.6 Å². The van der Waals surface area contributed by atoms with Crippen molar-refractivity contribution in [2.45, 2.75) is 45.8 Å². The lowest BCUT2D eigenvalue weighted by Gasteiger charge is -2.31. The number of halogens is 1. The van der Waals surface area contributed by atoms with Crippen molar-refractivity contribution in [3.63, 3.8) is 0 Å². The van der Waals surface area contributed by atoms with Gasteiger partial charge in [0.05, 0.1) is 12.7 Å². The lowest BCUT2D eigenvalue weighted by molar-refractivity contribution is -0.00915. The molecular weight excluding hydrogens is 290 g/mol. The Morgan fingerprint density at radius 1 is 1.17 bits per heavy atom. The van der Waals surface area contributed by atoms with Crippen molar-refractivity contribution in [3.8, 4) is 0 Å². The Hall–Kier alpha value is -0.540. The summed E-state index contributed by atoms with van der Waals surface area (Å²) in [5.41, 5.74) is 7.76. The monoisotopic (exact) mass is 311 g/mol. The first-order chi connectivity index (χ1) is 8.52. The fourth-order valence-electron chi connectivity index (χ4n) is 2.98. The molecule has 0 radical (unpaired) electrons. The van der Waals surface area contributed by atoms with E-state index in [-0.39, 0.29) is 0 Å². The zero-order chi connectivity index (χ0) is 13.1. The molecule has 1 aromatic rings. The van der Waals surface area contributed by atoms with E-state index in [1.54, 1.807) is 0 Å². The smallest absolute Gasteiger partial charge is 0.0721 e. The summed E-state index contributed by atoms with van der Waals surface area (Å²) < 4.78 is 7.06. The van der Waals surface area contributed by atoms with E-state index in [1.165, 1.54) is 19.3 Å². The zero-order valence-electron chi connectivity index (χ0n) is 11.2. The Kier molecular flexibility index (Phi) is 4.68. The Labute approximate surface area is 118 Å². The molecule has 2 atom stereocenters. The van der Waals surface area contributed by atoms with Crippen LogP contribution in [0.1, 0.15) is 38.7 Å². The first kappa shape index (κ1) is 13.9. The molecule has 1 aliphatic rings. The molecule has 1 aliphatic carbocycles. The molecule has 0 bridgehead atoms. The van der Waals surface area contributed by atoms with Gasteiger partial charge in [0.25, 0.3) is 0 Å². The molecule has 0 saturated heterocycles. The van der Waals surface area contributed by atoms with Gasteiger partial charge in [0.15, 0.2) is 0 Å². The maximum atomic E-state index is 6.04. The van der Waals surface area contributed by atoms with E-state index in [4.69, 9.17) is 10.5 Å². The van der Waals surface area contributed by atoms with Crippen LogP contribution in [0.3, 0.4) is 0 Å². The average molecular weight is 312 g/mol. The zero-order valence-corrected chi connectivity index (χ0v) is 12.7. The molecule has 3 heteroatoms. The van der Waals surface area contributed by atoms with Gasteiger partial charge in [-0.1, -0.05) is 29.8 Å². The summed E-state index contributed by atoms with van der Waals surface area (Å²) in [5.74, 6) is 1.57. The van der Waals surface area contributed by atoms with Crippen LogP contribution in [0.2, 0.25) is 0 Å². The predicted molar refractivity (Wildman–Crippen MR) is 79.3 cm³/mol. The van der Waals surface area contributed by atoms with E-state index in [9.17, 15) is 0 Å².